The summed E-state index contributed by atoms with van der Waals surface area (Å²) in [6.07, 6.45) is 8.86. The van der Waals surface area contributed by atoms with E-state index in [1.807, 2.05) is 22.9 Å². The molecule has 4 rings (SSSR count). The van der Waals surface area contributed by atoms with Crippen molar-refractivity contribution >= 4 is 11.7 Å². The molecule has 1 saturated heterocycles. The normalized spacial score (nSPS) is 19.6. The van der Waals surface area contributed by atoms with E-state index in [2.05, 4.69) is 20.2 Å². The lowest BCUT2D eigenvalue weighted by molar-refractivity contribution is -0.116. The first-order valence-electron chi connectivity index (χ1n) is 10.1. The molecule has 27 heavy (non-hydrogen) atoms. The monoisotopic (exact) mass is 371 g/mol. The van der Waals surface area contributed by atoms with Crippen molar-refractivity contribution in [1.82, 2.24) is 19.6 Å². The Morgan fingerprint density at radius 3 is 2.67 bits per heavy atom. The number of carbonyl (C=O) groups excluding carboxylic acids is 1. The van der Waals surface area contributed by atoms with Gasteiger partial charge in [-0.1, -0.05) is 12.8 Å². The number of aromatic nitrogens is 2. The van der Waals surface area contributed by atoms with Crippen molar-refractivity contribution in [2.24, 2.45) is 0 Å². The van der Waals surface area contributed by atoms with E-state index in [1.54, 1.807) is 12.5 Å². The van der Waals surface area contributed by atoms with Crippen molar-refractivity contribution in [2.45, 2.75) is 44.7 Å². The minimum atomic E-state index is 0.0766. The van der Waals surface area contributed by atoms with Crippen LogP contribution in [0.2, 0.25) is 0 Å². The number of nitrogens with zero attached hydrogens (tertiary/aromatic N) is 4. The summed E-state index contributed by atoms with van der Waals surface area (Å²) in [4.78, 5) is 17.2. The lowest BCUT2D eigenvalue weighted by Crippen LogP contribution is -2.46. The van der Waals surface area contributed by atoms with Gasteiger partial charge >= 0.3 is 0 Å². The maximum atomic E-state index is 12.4. The molecule has 2 fully saturated rings. The first-order chi connectivity index (χ1) is 13.3. The van der Waals surface area contributed by atoms with Crippen LogP contribution in [-0.2, 0) is 11.3 Å². The second-order valence-electron chi connectivity index (χ2n) is 7.59. The zero-order chi connectivity index (χ0) is 18.5. The summed E-state index contributed by atoms with van der Waals surface area (Å²) in [5, 5.41) is 7.48. The number of amides is 1. The number of carbonyl (C=O) groups is 1. The molecule has 0 aromatic carbocycles. The van der Waals surface area contributed by atoms with Crippen molar-refractivity contribution in [2.75, 3.05) is 38.0 Å². The van der Waals surface area contributed by atoms with Crippen LogP contribution in [0, 0.1) is 0 Å². The first kappa shape index (κ1) is 18.3. The van der Waals surface area contributed by atoms with Crippen LogP contribution in [0.15, 0.2) is 35.1 Å². The third-order valence-electron chi connectivity index (χ3n) is 5.69. The number of piperazine rings is 1. The van der Waals surface area contributed by atoms with Crippen LogP contribution in [-0.4, -0.2) is 58.2 Å². The third-order valence-corrected chi connectivity index (χ3v) is 5.69. The van der Waals surface area contributed by atoms with Gasteiger partial charge in [-0.15, -0.1) is 0 Å². The molecule has 146 valence electrons. The van der Waals surface area contributed by atoms with Crippen LogP contribution < -0.4 is 5.32 Å². The van der Waals surface area contributed by atoms with Crippen LogP contribution in [0.3, 0.4) is 0 Å². The molecular formula is C20H29N5O2. The van der Waals surface area contributed by atoms with Gasteiger partial charge in [-0.05, 0) is 25.0 Å². The van der Waals surface area contributed by atoms with Crippen molar-refractivity contribution in [3.63, 3.8) is 0 Å². The van der Waals surface area contributed by atoms with Crippen LogP contribution in [0.1, 0.15) is 43.9 Å². The van der Waals surface area contributed by atoms with Gasteiger partial charge in [0.2, 0.25) is 5.91 Å². The maximum absolute atomic E-state index is 12.4. The Bertz CT molecular complexity index is 713. The van der Waals surface area contributed by atoms with E-state index in [9.17, 15) is 4.79 Å². The molecule has 1 N–H and O–H groups in total. The number of hydrogen-bond donors (Lipinski definition) is 1. The number of rotatable bonds is 7. The summed E-state index contributed by atoms with van der Waals surface area (Å²) in [7, 11) is 0. The second-order valence-corrected chi connectivity index (χ2v) is 7.59. The summed E-state index contributed by atoms with van der Waals surface area (Å²) < 4.78 is 7.42. The molecule has 0 bridgehead atoms. The molecule has 7 nitrogen and oxygen atoms in total. The number of furan rings is 1. The van der Waals surface area contributed by atoms with Crippen molar-refractivity contribution in [3.05, 3.63) is 36.4 Å². The van der Waals surface area contributed by atoms with Gasteiger partial charge in [-0.3, -0.25) is 9.69 Å². The van der Waals surface area contributed by atoms with Gasteiger partial charge < -0.3 is 14.6 Å². The molecule has 1 aliphatic heterocycles. The van der Waals surface area contributed by atoms with Gasteiger partial charge in [0.05, 0.1) is 25.0 Å². The van der Waals surface area contributed by atoms with Gasteiger partial charge in [-0.25, -0.2) is 4.68 Å². The summed E-state index contributed by atoms with van der Waals surface area (Å²) in [5.74, 6) is 1.93. The van der Waals surface area contributed by atoms with Crippen LogP contribution in [0.25, 0.3) is 0 Å². The fourth-order valence-corrected chi connectivity index (χ4v) is 4.11. The van der Waals surface area contributed by atoms with Gasteiger partial charge in [0, 0.05) is 45.2 Å². The molecule has 0 spiro atoms. The Hall–Kier alpha value is -2.12. The smallest absolute Gasteiger partial charge is 0.226 e. The zero-order valence-corrected chi connectivity index (χ0v) is 15.8. The van der Waals surface area contributed by atoms with Crippen molar-refractivity contribution in [3.8, 4) is 0 Å². The molecule has 0 radical (unpaired) electrons. The molecule has 3 heterocycles. The highest BCUT2D eigenvalue weighted by molar-refractivity contribution is 5.89. The Labute approximate surface area is 160 Å². The predicted octanol–water partition coefficient (Wildman–Crippen LogP) is 2.74. The topological polar surface area (TPSA) is 66.5 Å². The van der Waals surface area contributed by atoms with E-state index >= 15 is 0 Å². The highest BCUT2D eigenvalue weighted by Gasteiger charge is 2.21. The standard InChI is InChI=1S/C20H29N5O2/c26-20(22-19-7-9-21-25(19)17-4-1-2-5-17)8-10-23-11-13-24(14-12-23)16-18-6-3-15-27-18/h3,6-7,9,15,17H,1-2,4-5,8,10-14,16H2,(H,22,26). The number of anilines is 1. The lowest BCUT2D eigenvalue weighted by Gasteiger charge is -2.34. The fraction of sp³-hybridized carbons (Fsp3) is 0.600. The van der Waals surface area contributed by atoms with Gasteiger partial charge in [0.15, 0.2) is 0 Å². The number of hydrogen-bond acceptors (Lipinski definition) is 5. The SMILES string of the molecule is O=C(CCN1CCN(Cc2ccco2)CC1)Nc1ccnn1C1CCCC1. The minimum absolute atomic E-state index is 0.0766. The summed E-state index contributed by atoms with van der Waals surface area (Å²) in [6, 6.07) is 6.30. The van der Waals surface area contributed by atoms with Crippen LogP contribution in [0.4, 0.5) is 5.82 Å². The third kappa shape index (κ3) is 4.78. The molecule has 1 saturated carbocycles. The molecule has 1 amide bonds. The van der Waals surface area contributed by atoms with E-state index < -0.39 is 0 Å². The van der Waals surface area contributed by atoms with Crippen LogP contribution in [0.5, 0.6) is 0 Å². The predicted molar refractivity (Wildman–Crippen MR) is 103 cm³/mol. The highest BCUT2D eigenvalue weighted by Crippen LogP contribution is 2.31. The molecule has 1 aliphatic carbocycles. The average Bonchev–Trinajstić information content (AvgIpc) is 3.43. The Morgan fingerprint density at radius 1 is 1.15 bits per heavy atom. The quantitative estimate of drug-likeness (QED) is 0.811. The zero-order valence-electron chi connectivity index (χ0n) is 15.8. The van der Waals surface area contributed by atoms with E-state index in [0.717, 1.165) is 63.7 Å². The van der Waals surface area contributed by atoms with Gasteiger partial charge in [-0.2, -0.15) is 5.10 Å². The molecule has 2 aromatic rings. The first-order valence-corrected chi connectivity index (χ1v) is 10.1. The average molecular weight is 371 g/mol. The molecule has 2 aromatic heterocycles. The van der Waals surface area contributed by atoms with Crippen molar-refractivity contribution < 1.29 is 9.21 Å². The Balaban J connectivity index is 1.19. The summed E-state index contributed by atoms with van der Waals surface area (Å²) >= 11 is 0. The second kappa shape index (κ2) is 8.71. The largest absolute Gasteiger partial charge is 0.468 e. The lowest BCUT2D eigenvalue weighted by atomic mass is 10.2. The fourth-order valence-electron chi connectivity index (χ4n) is 4.11. The van der Waals surface area contributed by atoms with Crippen LogP contribution >= 0.6 is 0 Å². The van der Waals surface area contributed by atoms with E-state index in [4.69, 9.17) is 4.42 Å². The molecule has 7 heteroatoms. The highest BCUT2D eigenvalue weighted by atomic mass is 16.3. The van der Waals surface area contributed by atoms with E-state index in [-0.39, 0.29) is 5.91 Å². The molecule has 0 unspecified atom stereocenters. The molecular weight excluding hydrogens is 342 g/mol. The van der Waals surface area contributed by atoms with E-state index in [0.29, 0.717) is 12.5 Å². The molecule has 0 atom stereocenters. The van der Waals surface area contributed by atoms with Gasteiger partial charge in [0.1, 0.15) is 11.6 Å². The Morgan fingerprint density at radius 2 is 1.93 bits per heavy atom. The minimum Gasteiger partial charge on any atom is -0.468 e. The molecule has 2 aliphatic rings. The van der Waals surface area contributed by atoms with E-state index in [1.165, 1.54) is 12.8 Å². The maximum Gasteiger partial charge on any atom is 0.226 e. The Kier molecular flexibility index (Phi) is 5.89. The summed E-state index contributed by atoms with van der Waals surface area (Å²) in [5.41, 5.74) is 0. The number of nitrogens with one attached hydrogen (secondary N) is 1. The summed E-state index contributed by atoms with van der Waals surface area (Å²) in [6.45, 7) is 5.68. The van der Waals surface area contributed by atoms with Gasteiger partial charge in [0.25, 0.3) is 0 Å². The van der Waals surface area contributed by atoms with Crippen molar-refractivity contribution in [1.29, 1.82) is 0 Å².